The zero-order valence-corrected chi connectivity index (χ0v) is 8.03. The summed E-state index contributed by atoms with van der Waals surface area (Å²) in [6.45, 7) is 0.556. The number of unbranched alkanes of at least 4 members (excludes halogenated alkanes) is 1. The van der Waals surface area contributed by atoms with Crippen LogP contribution in [0.3, 0.4) is 0 Å². The van der Waals surface area contributed by atoms with Gasteiger partial charge in [-0.15, -0.1) is 0 Å². The molecule has 4 heteroatoms. The highest BCUT2D eigenvalue weighted by molar-refractivity contribution is 5.66. The Morgan fingerprint density at radius 2 is 2.08 bits per heavy atom. The minimum Gasteiger partial charge on any atom is -0.481 e. The molecule has 0 radical (unpaired) electrons. The fourth-order valence-electron chi connectivity index (χ4n) is 1.05. The third-order valence-electron chi connectivity index (χ3n) is 1.83. The first-order valence-electron chi connectivity index (χ1n) is 4.55. The lowest BCUT2D eigenvalue weighted by Gasteiger charge is -2.08. The highest BCUT2D eigenvalue weighted by Crippen LogP contribution is 2.06. The molecule has 13 heavy (non-hydrogen) atoms. The van der Waals surface area contributed by atoms with Crippen molar-refractivity contribution in [2.45, 2.75) is 38.2 Å². The van der Waals surface area contributed by atoms with Crippen LogP contribution in [0.25, 0.3) is 0 Å². The average Bonchev–Trinajstić information content (AvgIpc) is 2.08. The summed E-state index contributed by atoms with van der Waals surface area (Å²) >= 11 is 0. The first kappa shape index (κ1) is 12.4. The van der Waals surface area contributed by atoms with E-state index < -0.39 is 5.97 Å². The Bertz CT molecular complexity index is 136. The van der Waals surface area contributed by atoms with Gasteiger partial charge in [-0.1, -0.05) is 6.42 Å². The summed E-state index contributed by atoms with van der Waals surface area (Å²) in [5.74, 6) is -0.772. The molecule has 0 aromatic heterocycles. The second kappa shape index (κ2) is 8.01. The lowest BCUT2D eigenvalue weighted by molar-refractivity contribution is -0.137. The van der Waals surface area contributed by atoms with E-state index in [0.717, 1.165) is 6.42 Å². The summed E-state index contributed by atoms with van der Waals surface area (Å²) < 4.78 is 4.80. The molecule has 0 heterocycles. The number of aliphatic hydroxyl groups excluding tert-OH is 1. The normalized spacial score (nSPS) is 12.8. The molecule has 0 amide bonds. The molecule has 4 nitrogen and oxygen atoms in total. The topological polar surface area (TPSA) is 66.8 Å². The Kier molecular flexibility index (Phi) is 7.63. The van der Waals surface area contributed by atoms with E-state index in [1.807, 2.05) is 0 Å². The number of ether oxygens (including phenoxy) is 1. The number of carboxylic acids is 1. The van der Waals surface area contributed by atoms with Crippen LogP contribution < -0.4 is 0 Å². The molecule has 0 fully saturated rings. The van der Waals surface area contributed by atoms with Crippen LogP contribution in [0.4, 0.5) is 0 Å². The summed E-state index contributed by atoms with van der Waals surface area (Å²) in [4.78, 5) is 10.1. The molecule has 0 aromatic rings. The molecule has 0 unspecified atom stereocenters. The molecule has 2 N–H and O–H groups in total. The van der Waals surface area contributed by atoms with Gasteiger partial charge in [0.05, 0.1) is 6.10 Å². The Morgan fingerprint density at radius 3 is 2.62 bits per heavy atom. The Balaban J connectivity index is 3.16. The van der Waals surface area contributed by atoms with Crippen LogP contribution in [0.1, 0.15) is 32.1 Å². The van der Waals surface area contributed by atoms with Gasteiger partial charge in [0.2, 0.25) is 0 Å². The van der Waals surface area contributed by atoms with Gasteiger partial charge in [-0.2, -0.15) is 0 Å². The largest absolute Gasteiger partial charge is 0.481 e. The van der Waals surface area contributed by atoms with Gasteiger partial charge in [-0.25, -0.2) is 0 Å². The molecule has 78 valence electrons. The Labute approximate surface area is 78.5 Å². The highest BCUT2D eigenvalue weighted by Gasteiger charge is 2.04. The van der Waals surface area contributed by atoms with Crippen molar-refractivity contribution in [1.29, 1.82) is 0 Å². The maximum Gasteiger partial charge on any atom is 0.303 e. The predicted molar refractivity (Wildman–Crippen MR) is 48.6 cm³/mol. The second-order valence-corrected chi connectivity index (χ2v) is 3.07. The van der Waals surface area contributed by atoms with Crippen molar-refractivity contribution in [2.24, 2.45) is 0 Å². The monoisotopic (exact) mass is 190 g/mol. The van der Waals surface area contributed by atoms with E-state index in [1.165, 1.54) is 0 Å². The van der Waals surface area contributed by atoms with Crippen LogP contribution in [0.15, 0.2) is 0 Å². The fourth-order valence-corrected chi connectivity index (χ4v) is 1.05. The number of carbonyl (C=O) groups is 1. The third-order valence-corrected chi connectivity index (χ3v) is 1.83. The van der Waals surface area contributed by atoms with Crippen molar-refractivity contribution in [3.05, 3.63) is 0 Å². The van der Waals surface area contributed by atoms with Gasteiger partial charge in [-0.05, 0) is 19.3 Å². The molecule has 0 bridgehead atoms. The number of hydrogen-bond acceptors (Lipinski definition) is 3. The highest BCUT2D eigenvalue weighted by atomic mass is 16.5. The standard InChI is InChI=1S/C9H18O4/c1-13-7-6-8(10)4-2-3-5-9(11)12/h8,10H,2-7H2,1H3,(H,11,12)/t8-/m1/s1. The van der Waals surface area contributed by atoms with Crippen molar-refractivity contribution in [3.8, 4) is 0 Å². The molecule has 0 spiro atoms. The maximum atomic E-state index is 10.1. The van der Waals surface area contributed by atoms with Gasteiger partial charge in [0.15, 0.2) is 0 Å². The predicted octanol–water partition coefficient (Wildman–Crippen LogP) is 1.03. The first-order chi connectivity index (χ1) is 6.16. The molecule has 1 atom stereocenters. The van der Waals surface area contributed by atoms with E-state index in [4.69, 9.17) is 9.84 Å². The molecule has 0 saturated heterocycles. The van der Waals surface area contributed by atoms with E-state index >= 15 is 0 Å². The van der Waals surface area contributed by atoms with E-state index in [2.05, 4.69) is 0 Å². The van der Waals surface area contributed by atoms with Crippen LogP contribution in [0.5, 0.6) is 0 Å². The molecular weight excluding hydrogens is 172 g/mol. The van der Waals surface area contributed by atoms with Crippen molar-refractivity contribution in [3.63, 3.8) is 0 Å². The van der Waals surface area contributed by atoms with Crippen LogP contribution >= 0.6 is 0 Å². The summed E-state index contributed by atoms with van der Waals surface area (Å²) in [6.07, 6.45) is 2.53. The number of methoxy groups -OCH3 is 1. The minimum atomic E-state index is -0.772. The number of rotatable bonds is 8. The minimum absolute atomic E-state index is 0.191. The average molecular weight is 190 g/mol. The number of carboxylic acid groups (broad SMARTS) is 1. The number of aliphatic carboxylic acids is 1. The van der Waals surface area contributed by atoms with Crippen molar-refractivity contribution in [1.82, 2.24) is 0 Å². The van der Waals surface area contributed by atoms with Gasteiger partial charge in [0.1, 0.15) is 0 Å². The molecule has 0 aliphatic heterocycles. The number of aliphatic hydroxyl groups is 1. The fraction of sp³-hybridized carbons (Fsp3) is 0.889. The molecule has 0 rings (SSSR count). The van der Waals surface area contributed by atoms with E-state index in [9.17, 15) is 9.90 Å². The van der Waals surface area contributed by atoms with Crippen LogP contribution in [-0.4, -0.2) is 36.0 Å². The second-order valence-electron chi connectivity index (χ2n) is 3.07. The van der Waals surface area contributed by atoms with Gasteiger partial charge in [0, 0.05) is 20.1 Å². The zero-order chi connectivity index (χ0) is 10.1. The summed E-state index contributed by atoms with van der Waals surface area (Å²) in [6, 6.07) is 0. The summed E-state index contributed by atoms with van der Waals surface area (Å²) in [7, 11) is 1.59. The SMILES string of the molecule is COCC[C@H](O)CCCCC(=O)O. The number of hydrogen-bond donors (Lipinski definition) is 2. The molecule has 0 aliphatic carbocycles. The van der Waals surface area contributed by atoms with Crippen LogP contribution in [0.2, 0.25) is 0 Å². The van der Waals surface area contributed by atoms with Gasteiger partial charge in [0.25, 0.3) is 0 Å². The lowest BCUT2D eigenvalue weighted by Crippen LogP contribution is -2.09. The van der Waals surface area contributed by atoms with Crippen molar-refractivity contribution in [2.75, 3.05) is 13.7 Å². The van der Waals surface area contributed by atoms with Crippen molar-refractivity contribution >= 4 is 5.97 Å². The molecule has 0 saturated carbocycles. The lowest BCUT2D eigenvalue weighted by atomic mass is 10.1. The van der Waals surface area contributed by atoms with Crippen LogP contribution in [0, 0.1) is 0 Å². The summed E-state index contributed by atoms with van der Waals surface area (Å²) in [5.41, 5.74) is 0. The zero-order valence-electron chi connectivity index (χ0n) is 8.03. The summed E-state index contributed by atoms with van der Waals surface area (Å²) in [5, 5.41) is 17.7. The molecule has 0 aliphatic rings. The van der Waals surface area contributed by atoms with E-state index in [0.29, 0.717) is 25.9 Å². The molecular formula is C9H18O4. The van der Waals surface area contributed by atoms with Gasteiger partial charge >= 0.3 is 5.97 Å². The Hall–Kier alpha value is -0.610. The smallest absolute Gasteiger partial charge is 0.303 e. The third kappa shape index (κ3) is 9.30. The van der Waals surface area contributed by atoms with Crippen molar-refractivity contribution < 1.29 is 19.7 Å². The Morgan fingerprint density at radius 1 is 1.38 bits per heavy atom. The first-order valence-corrected chi connectivity index (χ1v) is 4.55. The van der Waals surface area contributed by atoms with E-state index in [1.54, 1.807) is 7.11 Å². The maximum absolute atomic E-state index is 10.1. The van der Waals surface area contributed by atoms with Crippen LogP contribution in [-0.2, 0) is 9.53 Å². The molecule has 0 aromatic carbocycles. The quantitative estimate of drug-likeness (QED) is 0.561. The van der Waals surface area contributed by atoms with E-state index in [-0.39, 0.29) is 12.5 Å². The van der Waals surface area contributed by atoms with Gasteiger partial charge < -0.3 is 14.9 Å². The van der Waals surface area contributed by atoms with Gasteiger partial charge in [-0.3, -0.25) is 4.79 Å².